The number of hydrogen-bond acceptors (Lipinski definition) is 15. The van der Waals surface area contributed by atoms with Crippen molar-refractivity contribution >= 4 is 143 Å². The molecule has 7 aromatic heterocycles. The van der Waals surface area contributed by atoms with Crippen LogP contribution >= 0.6 is 79.7 Å². The average molecular weight is 1200 g/mol. The van der Waals surface area contributed by atoms with Gasteiger partial charge in [-0.05, 0) is 87.5 Å². The smallest absolute Gasteiger partial charge is 0.348 e. The standard InChI is InChI=1S/C64H80N2O6S7/c1-11-19-23-39(15-5)33-69-54-46-29-37(9)73-57(46)55(70-34-40(16-6)24-20-12-2)47-31-49(75-58(47)54)56-48-32-51(64(68)72-36-42(18-8)26-22-14-4)77-62(48)60(78-56)44-28-27-43(52-53(44)66-79-65-52)59-61-45(38(10)74-59)30-50(76-61)63(67)71-35-41(17-7)25-21-13-3/h27-32,39-42H,11-26,33-36H2,1-10H3. The van der Waals surface area contributed by atoms with Gasteiger partial charge >= 0.3 is 11.9 Å². The minimum Gasteiger partial charge on any atom is -0.491 e. The van der Waals surface area contributed by atoms with E-state index in [2.05, 4.69) is 99.6 Å². The number of nitrogens with zero attached hydrogens (tertiary/aromatic N) is 2. The zero-order valence-electron chi connectivity index (χ0n) is 48.1. The molecule has 2 aromatic carbocycles. The number of hydrogen-bond donors (Lipinski definition) is 0. The number of carbonyl (C=O) groups is 2. The maximum atomic E-state index is 14.3. The first-order valence-electron chi connectivity index (χ1n) is 29.4. The van der Waals surface area contributed by atoms with Crippen LogP contribution in [0.2, 0.25) is 0 Å². The van der Waals surface area contributed by atoms with Crippen LogP contribution < -0.4 is 9.47 Å². The highest BCUT2D eigenvalue weighted by Crippen LogP contribution is 2.56. The van der Waals surface area contributed by atoms with Crippen molar-refractivity contribution in [1.82, 2.24) is 8.75 Å². The molecular weight excluding hydrogens is 1120 g/mol. The summed E-state index contributed by atoms with van der Waals surface area (Å²) >= 11 is 11.3. The lowest BCUT2D eigenvalue weighted by molar-refractivity contribution is 0.0425. The van der Waals surface area contributed by atoms with E-state index in [-0.39, 0.29) is 11.9 Å². The van der Waals surface area contributed by atoms with E-state index in [1.807, 2.05) is 6.07 Å². The summed E-state index contributed by atoms with van der Waals surface area (Å²) in [6.45, 7) is 24.4. The first kappa shape index (κ1) is 59.7. The molecule has 0 radical (unpaired) electrons. The Labute approximate surface area is 496 Å². The largest absolute Gasteiger partial charge is 0.491 e. The van der Waals surface area contributed by atoms with Gasteiger partial charge in [-0.1, -0.05) is 145 Å². The molecule has 0 aliphatic rings. The van der Waals surface area contributed by atoms with Crippen LogP contribution in [-0.2, 0) is 9.47 Å². The normalized spacial score (nSPS) is 13.6. The zero-order valence-corrected chi connectivity index (χ0v) is 53.8. The van der Waals surface area contributed by atoms with Crippen LogP contribution in [0.25, 0.3) is 82.0 Å². The number of aryl methyl sites for hydroxylation is 2. The van der Waals surface area contributed by atoms with Gasteiger partial charge in [-0.25, -0.2) is 9.59 Å². The second kappa shape index (κ2) is 27.9. The van der Waals surface area contributed by atoms with E-state index in [9.17, 15) is 9.59 Å². The third kappa shape index (κ3) is 13.1. The highest BCUT2D eigenvalue weighted by molar-refractivity contribution is 7.32. The number of unbranched alkanes of at least 4 members (excludes halogenated alkanes) is 4. The Morgan fingerprint density at radius 3 is 1.41 bits per heavy atom. The molecule has 0 N–H and O–H groups in total. The molecule has 8 nitrogen and oxygen atoms in total. The van der Waals surface area contributed by atoms with Crippen LogP contribution in [0.4, 0.5) is 0 Å². The van der Waals surface area contributed by atoms with Crippen LogP contribution in [-0.4, -0.2) is 47.1 Å². The average Bonchev–Trinajstić information content (AvgIpc) is 4.49. The number of fused-ring (bicyclic) bond motifs is 5. The minimum absolute atomic E-state index is 0.248. The molecule has 0 aliphatic carbocycles. The van der Waals surface area contributed by atoms with Crippen molar-refractivity contribution in [2.24, 2.45) is 23.7 Å². The van der Waals surface area contributed by atoms with E-state index >= 15 is 0 Å². The van der Waals surface area contributed by atoms with E-state index in [1.54, 1.807) is 45.3 Å². The Bertz CT molecular complexity index is 3420. The van der Waals surface area contributed by atoms with Gasteiger partial charge in [0.15, 0.2) is 0 Å². The predicted octanol–water partition coefficient (Wildman–Crippen LogP) is 22.2. The summed E-state index contributed by atoms with van der Waals surface area (Å²) in [6, 6.07) is 13.1. The Balaban J connectivity index is 1.17. The van der Waals surface area contributed by atoms with Gasteiger partial charge in [-0.15, -0.1) is 68.0 Å². The lowest BCUT2D eigenvalue weighted by Crippen LogP contribution is -2.13. The Kier molecular flexibility index (Phi) is 21.0. The Morgan fingerprint density at radius 1 is 0.468 bits per heavy atom. The zero-order chi connectivity index (χ0) is 55.7. The fraction of sp³-hybridized carbons (Fsp3) is 0.531. The molecule has 4 unspecified atom stereocenters. The quantitative estimate of drug-likeness (QED) is 0.0397. The van der Waals surface area contributed by atoms with Crippen molar-refractivity contribution in [3.8, 4) is 42.1 Å². The van der Waals surface area contributed by atoms with E-state index in [4.69, 9.17) is 27.7 Å². The number of rotatable bonds is 31. The van der Waals surface area contributed by atoms with Crippen LogP contribution in [0, 0.1) is 37.5 Å². The highest BCUT2D eigenvalue weighted by atomic mass is 32.1. The third-order valence-corrected chi connectivity index (χ3v) is 23.8. The van der Waals surface area contributed by atoms with Crippen molar-refractivity contribution in [3.63, 3.8) is 0 Å². The Hall–Kier alpha value is -3.96. The van der Waals surface area contributed by atoms with Gasteiger partial charge in [0.2, 0.25) is 0 Å². The fourth-order valence-electron chi connectivity index (χ4n) is 10.7. The number of esters is 2. The summed E-state index contributed by atoms with van der Waals surface area (Å²) in [5.74, 6) is 3.03. The SMILES string of the molecule is CCCCC(CC)COC(=O)c1cc2c(C)sc(-c3ccc(-c4sc(-c5cc6c(OCC(CC)CCCC)c7sc(C)cc7c(OCC(CC)CCCC)c6s5)c5cc(C(=O)OCC(CC)CCCC)sc45)c4nsnc34)c2s1. The van der Waals surface area contributed by atoms with Gasteiger partial charge < -0.3 is 18.9 Å². The second-order valence-electron chi connectivity index (χ2n) is 21.7. The van der Waals surface area contributed by atoms with Crippen LogP contribution in [0.15, 0.2) is 36.4 Å². The maximum Gasteiger partial charge on any atom is 0.348 e. The van der Waals surface area contributed by atoms with Crippen LogP contribution in [0.5, 0.6) is 11.5 Å². The minimum atomic E-state index is -0.271. The summed E-state index contributed by atoms with van der Waals surface area (Å²) in [4.78, 5) is 35.8. The predicted molar refractivity (Wildman–Crippen MR) is 345 cm³/mol. The van der Waals surface area contributed by atoms with E-state index < -0.39 is 0 Å². The van der Waals surface area contributed by atoms with Crippen molar-refractivity contribution in [2.75, 3.05) is 26.4 Å². The van der Waals surface area contributed by atoms with Crippen LogP contribution in [0.1, 0.15) is 187 Å². The molecule has 0 aliphatic heterocycles. The monoisotopic (exact) mass is 1200 g/mol. The summed E-state index contributed by atoms with van der Waals surface area (Å²) < 4.78 is 40.8. The number of thiophene rings is 6. The molecule has 7 heterocycles. The van der Waals surface area contributed by atoms with Gasteiger partial charge in [0.05, 0.1) is 71.6 Å². The molecule has 0 bridgehead atoms. The molecule has 0 saturated carbocycles. The molecule has 79 heavy (non-hydrogen) atoms. The second-order valence-corrected chi connectivity index (χ2v) is 28.9. The van der Waals surface area contributed by atoms with Crippen molar-refractivity contribution in [1.29, 1.82) is 0 Å². The lowest BCUT2D eigenvalue weighted by Gasteiger charge is -2.19. The summed E-state index contributed by atoms with van der Waals surface area (Å²) in [5, 5.41) is 4.33. The molecule has 424 valence electrons. The molecule has 9 rings (SSSR count). The summed E-state index contributed by atoms with van der Waals surface area (Å²) in [7, 11) is 0. The van der Waals surface area contributed by atoms with Gasteiger partial charge in [-0.3, -0.25) is 0 Å². The first-order valence-corrected chi connectivity index (χ1v) is 35.0. The van der Waals surface area contributed by atoms with E-state index in [1.165, 1.54) is 65.0 Å². The van der Waals surface area contributed by atoms with Crippen molar-refractivity contribution in [2.45, 2.75) is 172 Å². The van der Waals surface area contributed by atoms with E-state index in [0.29, 0.717) is 59.9 Å². The highest BCUT2D eigenvalue weighted by Gasteiger charge is 2.29. The fourth-order valence-corrected chi connectivity index (χ4v) is 18.6. The van der Waals surface area contributed by atoms with Gasteiger partial charge in [0.25, 0.3) is 0 Å². The van der Waals surface area contributed by atoms with Gasteiger partial charge in [-0.2, -0.15) is 8.75 Å². The topological polar surface area (TPSA) is 96.8 Å². The molecule has 0 amide bonds. The lowest BCUT2D eigenvalue weighted by atomic mass is 10.0. The maximum absolute atomic E-state index is 14.3. The molecular formula is C64H80N2O6S7. The Morgan fingerprint density at radius 2 is 0.911 bits per heavy atom. The number of ether oxygens (including phenoxy) is 4. The number of benzene rings is 2. The van der Waals surface area contributed by atoms with Crippen LogP contribution in [0.3, 0.4) is 0 Å². The number of aromatic nitrogens is 2. The summed E-state index contributed by atoms with van der Waals surface area (Å²) in [6.07, 6.45) is 17.8. The first-order chi connectivity index (χ1) is 38.5. The van der Waals surface area contributed by atoms with Crippen molar-refractivity contribution < 1.29 is 28.5 Å². The molecule has 0 saturated heterocycles. The molecule has 4 atom stereocenters. The molecule has 0 fully saturated rings. The third-order valence-electron chi connectivity index (χ3n) is 16.0. The van der Waals surface area contributed by atoms with E-state index in [0.717, 1.165) is 175 Å². The summed E-state index contributed by atoms with van der Waals surface area (Å²) in [5.41, 5.74) is 3.64. The van der Waals surface area contributed by atoms with Gasteiger partial charge in [0.1, 0.15) is 32.3 Å². The molecule has 0 spiro atoms. The van der Waals surface area contributed by atoms with Crippen molar-refractivity contribution in [3.05, 3.63) is 55.9 Å². The molecule has 15 heteroatoms. The molecule has 9 aromatic rings. The van der Waals surface area contributed by atoms with Gasteiger partial charge in [0, 0.05) is 47.3 Å². The number of carbonyl (C=O) groups excluding carboxylic acids is 2.